The van der Waals surface area contributed by atoms with Crippen LogP contribution >= 0.6 is 0 Å². The molecule has 1 N–H and O–H groups in total. The number of rotatable bonds is 5. The number of carbonyl (C=O) groups excluding carboxylic acids is 2. The molecular weight excluding hydrogens is 322 g/mol. The fourth-order valence-electron chi connectivity index (χ4n) is 2.56. The van der Waals surface area contributed by atoms with Crippen LogP contribution in [-0.4, -0.2) is 64.3 Å². The van der Waals surface area contributed by atoms with Crippen molar-refractivity contribution in [3.05, 3.63) is 54.8 Å². The largest absolute Gasteiger partial charge is 0.459 e. The van der Waals surface area contributed by atoms with Crippen LogP contribution in [0.15, 0.2) is 47.7 Å². The van der Waals surface area contributed by atoms with Gasteiger partial charge in [-0.15, -0.1) is 6.58 Å². The number of hydrogen-bond donors (Lipinski definition) is 1. The van der Waals surface area contributed by atoms with Gasteiger partial charge in [-0.05, 0) is 18.2 Å². The van der Waals surface area contributed by atoms with E-state index in [-0.39, 0.29) is 11.8 Å². The molecule has 0 bridgehead atoms. The minimum Gasteiger partial charge on any atom is -0.459 e. The van der Waals surface area contributed by atoms with Crippen molar-refractivity contribution in [2.24, 2.45) is 0 Å². The van der Waals surface area contributed by atoms with E-state index in [1.54, 1.807) is 40.3 Å². The van der Waals surface area contributed by atoms with E-state index in [0.29, 0.717) is 50.1 Å². The third-order valence-corrected chi connectivity index (χ3v) is 3.87. The lowest BCUT2D eigenvalue weighted by molar-refractivity contribution is 0.0515. The lowest BCUT2D eigenvalue weighted by atomic mass is 10.2. The summed E-state index contributed by atoms with van der Waals surface area (Å²) >= 11 is 0. The summed E-state index contributed by atoms with van der Waals surface area (Å²) in [4.78, 5) is 36.5. The maximum absolute atomic E-state index is 12.6. The van der Waals surface area contributed by atoms with E-state index in [1.807, 2.05) is 0 Å². The summed E-state index contributed by atoms with van der Waals surface area (Å²) in [5, 5.41) is 2.96. The van der Waals surface area contributed by atoms with E-state index in [9.17, 15) is 9.59 Å². The van der Waals surface area contributed by atoms with Gasteiger partial charge in [0.05, 0.1) is 6.26 Å². The van der Waals surface area contributed by atoms with Crippen LogP contribution in [0.25, 0.3) is 0 Å². The molecule has 130 valence electrons. The van der Waals surface area contributed by atoms with E-state index < -0.39 is 0 Å². The molecule has 0 radical (unpaired) electrons. The van der Waals surface area contributed by atoms with Crippen LogP contribution in [0.3, 0.4) is 0 Å². The SMILES string of the molecule is C=CCNc1nccc(C(=O)N2CCN(C(=O)c3ccco3)CC2)n1. The Morgan fingerprint density at radius 2 is 1.92 bits per heavy atom. The molecule has 0 aromatic carbocycles. The number of hydrogen-bond acceptors (Lipinski definition) is 6. The Balaban J connectivity index is 1.60. The molecule has 3 rings (SSSR count). The Hall–Kier alpha value is -3.16. The van der Waals surface area contributed by atoms with Gasteiger partial charge < -0.3 is 19.5 Å². The predicted octanol–water partition coefficient (Wildman–Crippen LogP) is 1.27. The van der Waals surface area contributed by atoms with Crippen molar-refractivity contribution in [3.63, 3.8) is 0 Å². The zero-order valence-corrected chi connectivity index (χ0v) is 13.7. The van der Waals surface area contributed by atoms with Crippen LogP contribution in [0.4, 0.5) is 5.95 Å². The first-order valence-corrected chi connectivity index (χ1v) is 7.99. The van der Waals surface area contributed by atoms with Crippen molar-refractivity contribution in [2.75, 3.05) is 38.0 Å². The van der Waals surface area contributed by atoms with Gasteiger partial charge in [-0.3, -0.25) is 9.59 Å². The zero-order valence-electron chi connectivity index (χ0n) is 13.7. The van der Waals surface area contributed by atoms with Crippen LogP contribution in [0, 0.1) is 0 Å². The number of amides is 2. The van der Waals surface area contributed by atoms with Crippen LogP contribution in [0.5, 0.6) is 0 Å². The van der Waals surface area contributed by atoms with Crippen molar-refractivity contribution in [1.29, 1.82) is 0 Å². The maximum Gasteiger partial charge on any atom is 0.289 e. The van der Waals surface area contributed by atoms with Crippen molar-refractivity contribution in [1.82, 2.24) is 19.8 Å². The second-order valence-electron chi connectivity index (χ2n) is 5.50. The molecule has 8 nitrogen and oxygen atoms in total. The number of aromatic nitrogens is 2. The molecule has 1 aliphatic rings. The van der Waals surface area contributed by atoms with Gasteiger partial charge in [0, 0.05) is 38.9 Å². The molecule has 0 spiro atoms. The summed E-state index contributed by atoms with van der Waals surface area (Å²) in [6, 6.07) is 4.90. The van der Waals surface area contributed by atoms with E-state index in [0.717, 1.165) is 0 Å². The minimum absolute atomic E-state index is 0.157. The third kappa shape index (κ3) is 3.85. The highest BCUT2D eigenvalue weighted by Gasteiger charge is 2.27. The number of nitrogens with one attached hydrogen (secondary N) is 1. The molecular formula is C17H19N5O3. The van der Waals surface area contributed by atoms with Crippen LogP contribution < -0.4 is 5.32 Å². The van der Waals surface area contributed by atoms with Crippen molar-refractivity contribution >= 4 is 17.8 Å². The van der Waals surface area contributed by atoms with Crippen LogP contribution in [0.2, 0.25) is 0 Å². The smallest absolute Gasteiger partial charge is 0.289 e. The Bertz CT molecular complexity index is 751. The maximum atomic E-state index is 12.6. The Labute approximate surface area is 145 Å². The lowest BCUT2D eigenvalue weighted by Crippen LogP contribution is -2.50. The van der Waals surface area contributed by atoms with Gasteiger partial charge in [0.25, 0.3) is 11.8 Å². The van der Waals surface area contributed by atoms with Crippen molar-refractivity contribution < 1.29 is 14.0 Å². The highest BCUT2D eigenvalue weighted by Crippen LogP contribution is 2.12. The molecule has 8 heteroatoms. The molecule has 25 heavy (non-hydrogen) atoms. The average molecular weight is 341 g/mol. The molecule has 1 fully saturated rings. The van der Waals surface area contributed by atoms with E-state index in [4.69, 9.17) is 4.42 Å². The summed E-state index contributed by atoms with van der Waals surface area (Å²) in [6.45, 7) is 5.94. The van der Waals surface area contributed by atoms with E-state index >= 15 is 0 Å². The molecule has 1 aliphatic heterocycles. The molecule has 0 unspecified atom stereocenters. The Kier molecular flexibility index (Phi) is 5.08. The fourth-order valence-corrected chi connectivity index (χ4v) is 2.56. The van der Waals surface area contributed by atoms with Gasteiger partial charge in [-0.25, -0.2) is 9.97 Å². The highest BCUT2D eigenvalue weighted by atomic mass is 16.3. The summed E-state index contributed by atoms with van der Waals surface area (Å²) < 4.78 is 5.13. The van der Waals surface area contributed by atoms with Gasteiger partial charge in [-0.2, -0.15) is 0 Å². The van der Waals surface area contributed by atoms with Gasteiger partial charge in [0.15, 0.2) is 5.76 Å². The first-order valence-electron chi connectivity index (χ1n) is 7.99. The summed E-state index contributed by atoms with van der Waals surface area (Å²) in [5.41, 5.74) is 0.326. The van der Waals surface area contributed by atoms with Crippen LogP contribution in [-0.2, 0) is 0 Å². The molecule has 2 aromatic heterocycles. The molecule has 0 aliphatic carbocycles. The topological polar surface area (TPSA) is 91.6 Å². The molecule has 0 atom stereocenters. The molecule has 2 amide bonds. The number of piperazine rings is 1. The van der Waals surface area contributed by atoms with Gasteiger partial charge in [0.2, 0.25) is 5.95 Å². The minimum atomic E-state index is -0.172. The average Bonchev–Trinajstić information content (AvgIpc) is 3.20. The first kappa shape index (κ1) is 16.7. The highest BCUT2D eigenvalue weighted by molar-refractivity contribution is 5.93. The number of furan rings is 1. The molecule has 0 saturated carbocycles. The second-order valence-corrected chi connectivity index (χ2v) is 5.50. The van der Waals surface area contributed by atoms with E-state index in [2.05, 4.69) is 21.9 Å². The van der Waals surface area contributed by atoms with Gasteiger partial charge in [0.1, 0.15) is 5.69 Å². The van der Waals surface area contributed by atoms with Gasteiger partial charge >= 0.3 is 0 Å². The van der Waals surface area contributed by atoms with Crippen molar-refractivity contribution in [2.45, 2.75) is 0 Å². The number of nitrogens with zero attached hydrogens (tertiary/aromatic N) is 4. The van der Waals surface area contributed by atoms with Crippen LogP contribution in [0.1, 0.15) is 21.0 Å². The quantitative estimate of drug-likeness (QED) is 0.824. The standard InChI is InChI=1S/C17H19N5O3/c1-2-6-18-17-19-7-5-13(20-17)15(23)21-8-10-22(11-9-21)16(24)14-4-3-12-25-14/h2-5,7,12H,1,6,8-11H2,(H,18,19,20). The zero-order chi connectivity index (χ0) is 17.6. The third-order valence-electron chi connectivity index (χ3n) is 3.87. The number of anilines is 1. The monoisotopic (exact) mass is 341 g/mol. The molecule has 2 aromatic rings. The first-order chi connectivity index (χ1) is 12.2. The normalized spacial score (nSPS) is 14.2. The van der Waals surface area contributed by atoms with E-state index in [1.165, 1.54) is 6.26 Å². The molecule has 1 saturated heterocycles. The van der Waals surface area contributed by atoms with Gasteiger partial charge in [-0.1, -0.05) is 6.08 Å². The summed E-state index contributed by atoms with van der Waals surface area (Å²) in [5.74, 6) is 0.370. The Morgan fingerprint density at radius 1 is 1.20 bits per heavy atom. The summed E-state index contributed by atoms with van der Waals surface area (Å²) in [6.07, 6.45) is 4.70. The Morgan fingerprint density at radius 3 is 2.56 bits per heavy atom. The molecule has 3 heterocycles. The lowest BCUT2D eigenvalue weighted by Gasteiger charge is -2.34. The fraction of sp³-hybridized carbons (Fsp3) is 0.294. The second kappa shape index (κ2) is 7.61. The van der Waals surface area contributed by atoms with Crippen molar-refractivity contribution in [3.8, 4) is 0 Å². The predicted molar refractivity (Wildman–Crippen MR) is 91.2 cm³/mol. The number of carbonyl (C=O) groups is 2. The summed E-state index contributed by atoms with van der Waals surface area (Å²) in [7, 11) is 0.